The number of aromatic nitrogens is 2. The predicted molar refractivity (Wildman–Crippen MR) is 79.3 cm³/mol. The van der Waals surface area contributed by atoms with Crippen molar-refractivity contribution >= 4 is 27.5 Å². The molecule has 6 heteroatoms. The maximum atomic E-state index is 5.96. The number of hydrogen-bond donors (Lipinski definition) is 1. The molecule has 0 saturated heterocycles. The van der Waals surface area contributed by atoms with Crippen molar-refractivity contribution in [1.82, 2.24) is 15.5 Å². The van der Waals surface area contributed by atoms with Crippen LogP contribution in [0, 0.1) is 0 Å². The van der Waals surface area contributed by atoms with E-state index in [1.807, 2.05) is 19.2 Å². The molecule has 1 unspecified atom stereocenters. The van der Waals surface area contributed by atoms with E-state index in [1.54, 1.807) is 6.07 Å². The molecule has 1 heterocycles. The molecule has 0 saturated carbocycles. The van der Waals surface area contributed by atoms with E-state index in [2.05, 4.69) is 38.3 Å². The van der Waals surface area contributed by atoms with Crippen LogP contribution in [0.2, 0.25) is 5.02 Å². The lowest BCUT2D eigenvalue weighted by atomic mass is 10.1. The summed E-state index contributed by atoms with van der Waals surface area (Å²) in [5.41, 5.74) is 0.879. The van der Waals surface area contributed by atoms with Crippen molar-refractivity contribution in [3.8, 4) is 11.4 Å². The van der Waals surface area contributed by atoms with Crippen molar-refractivity contribution in [2.24, 2.45) is 0 Å². The maximum Gasteiger partial charge on any atom is 0.228 e. The Morgan fingerprint density at radius 3 is 2.89 bits per heavy atom. The molecular weight excluding hydrogens is 330 g/mol. The van der Waals surface area contributed by atoms with Gasteiger partial charge in [0.25, 0.3) is 0 Å². The smallest absolute Gasteiger partial charge is 0.228 e. The third kappa shape index (κ3) is 3.55. The molecule has 4 nitrogen and oxygen atoms in total. The Kier molecular flexibility index (Phi) is 4.96. The molecule has 0 aliphatic heterocycles. The van der Waals surface area contributed by atoms with E-state index >= 15 is 0 Å². The van der Waals surface area contributed by atoms with Crippen LogP contribution in [0.5, 0.6) is 0 Å². The fourth-order valence-electron chi connectivity index (χ4n) is 1.75. The second kappa shape index (κ2) is 6.50. The van der Waals surface area contributed by atoms with Crippen molar-refractivity contribution in [3.63, 3.8) is 0 Å². The van der Waals surface area contributed by atoms with Gasteiger partial charge in [0, 0.05) is 22.5 Å². The molecule has 1 aromatic heterocycles. The van der Waals surface area contributed by atoms with Gasteiger partial charge in [-0.05, 0) is 47.6 Å². The van der Waals surface area contributed by atoms with Crippen molar-refractivity contribution < 1.29 is 4.52 Å². The monoisotopic (exact) mass is 343 g/mol. The minimum absolute atomic E-state index is 0.352. The van der Waals surface area contributed by atoms with Gasteiger partial charge in [0.15, 0.2) is 0 Å². The Hall–Kier alpha value is -0.910. The van der Waals surface area contributed by atoms with E-state index in [9.17, 15) is 0 Å². The Morgan fingerprint density at radius 2 is 2.26 bits per heavy atom. The van der Waals surface area contributed by atoms with Crippen LogP contribution >= 0.6 is 27.5 Å². The van der Waals surface area contributed by atoms with Gasteiger partial charge in [-0.15, -0.1) is 0 Å². The van der Waals surface area contributed by atoms with Gasteiger partial charge >= 0.3 is 0 Å². The number of nitrogens with zero attached hydrogens (tertiary/aromatic N) is 2. The highest BCUT2D eigenvalue weighted by Crippen LogP contribution is 2.27. The van der Waals surface area contributed by atoms with Gasteiger partial charge in [0.2, 0.25) is 11.7 Å². The molecule has 2 rings (SSSR count). The molecule has 0 aliphatic rings. The standard InChI is InChI=1S/C13H15BrClN3O/c1-3-9(16-2)7-12-17-13(18-19-12)8-4-5-11(15)10(14)6-8/h4-6,9,16H,3,7H2,1-2H3. The first-order valence-corrected chi connectivity index (χ1v) is 7.26. The lowest BCUT2D eigenvalue weighted by molar-refractivity contribution is 0.359. The topological polar surface area (TPSA) is 51.0 Å². The average molecular weight is 345 g/mol. The van der Waals surface area contributed by atoms with Gasteiger partial charge in [0.1, 0.15) is 0 Å². The van der Waals surface area contributed by atoms with Gasteiger partial charge in [-0.25, -0.2) is 0 Å². The minimum atomic E-state index is 0.352. The van der Waals surface area contributed by atoms with Crippen LogP contribution in [-0.4, -0.2) is 23.2 Å². The number of hydrogen-bond acceptors (Lipinski definition) is 4. The molecule has 1 atom stereocenters. The zero-order chi connectivity index (χ0) is 13.8. The zero-order valence-corrected chi connectivity index (χ0v) is 13.1. The summed E-state index contributed by atoms with van der Waals surface area (Å²) < 4.78 is 6.09. The molecule has 0 fully saturated rings. The van der Waals surface area contributed by atoms with Crippen molar-refractivity contribution in [1.29, 1.82) is 0 Å². The van der Waals surface area contributed by atoms with Gasteiger partial charge < -0.3 is 9.84 Å². The highest BCUT2D eigenvalue weighted by Gasteiger charge is 2.13. The van der Waals surface area contributed by atoms with E-state index in [0.29, 0.717) is 22.8 Å². The van der Waals surface area contributed by atoms with E-state index in [4.69, 9.17) is 16.1 Å². The first kappa shape index (κ1) is 14.5. The van der Waals surface area contributed by atoms with Crippen LogP contribution in [0.4, 0.5) is 0 Å². The molecule has 19 heavy (non-hydrogen) atoms. The lowest BCUT2D eigenvalue weighted by Gasteiger charge is -2.09. The van der Waals surface area contributed by atoms with Gasteiger partial charge in [0.05, 0.1) is 5.02 Å². The highest BCUT2D eigenvalue weighted by molar-refractivity contribution is 9.10. The SMILES string of the molecule is CCC(Cc1nc(-c2ccc(Cl)c(Br)c2)no1)NC. The summed E-state index contributed by atoms with van der Waals surface area (Å²) in [6.07, 6.45) is 1.75. The van der Waals surface area contributed by atoms with Crippen LogP contribution in [0.3, 0.4) is 0 Å². The highest BCUT2D eigenvalue weighted by atomic mass is 79.9. The quantitative estimate of drug-likeness (QED) is 0.898. The first-order chi connectivity index (χ1) is 9.13. The van der Waals surface area contributed by atoms with Crippen LogP contribution < -0.4 is 5.32 Å². The summed E-state index contributed by atoms with van der Waals surface area (Å²) in [5.74, 6) is 1.22. The van der Waals surface area contributed by atoms with Crippen LogP contribution in [0.25, 0.3) is 11.4 Å². The Labute approximate surface area is 125 Å². The van der Waals surface area contributed by atoms with Crippen LogP contribution in [0.1, 0.15) is 19.2 Å². The number of nitrogens with one attached hydrogen (secondary N) is 1. The van der Waals surface area contributed by atoms with Crippen molar-refractivity contribution in [3.05, 3.63) is 33.6 Å². The Balaban J connectivity index is 2.18. The summed E-state index contributed by atoms with van der Waals surface area (Å²) in [5, 5.41) is 7.87. The van der Waals surface area contributed by atoms with Gasteiger partial charge in [-0.2, -0.15) is 4.98 Å². The predicted octanol–water partition coefficient (Wildman–Crippen LogP) is 3.69. The molecule has 2 aromatic rings. The zero-order valence-electron chi connectivity index (χ0n) is 10.8. The lowest BCUT2D eigenvalue weighted by Crippen LogP contribution is -2.26. The van der Waals surface area contributed by atoms with Gasteiger partial charge in [-0.1, -0.05) is 23.7 Å². The van der Waals surface area contributed by atoms with E-state index in [0.717, 1.165) is 22.9 Å². The second-order valence-electron chi connectivity index (χ2n) is 4.24. The first-order valence-electron chi connectivity index (χ1n) is 6.09. The largest absolute Gasteiger partial charge is 0.339 e. The number of rotatable bonds is 5. The summed E-state index contributed by atoms with van der Waals surface area (Å²) >= 11 is 9.35. The minimum Gasteiger partial charge on any atom is -0.339 e. The molecule has 1 aromatic carbocycles. The third-order valence-corrected chi connectivity index (χ3v) is 4.18. The third-order valence-electron chi connectivity index (χ3n) is 2.97. The summed E-state index contributed by atoms with van der Waals surface area (Å²) in [6, 6.07) is 5.91. The normalized spacial score (nSPS) is 12.6. The fourth-order valence-corrected chi connectivity index (χ4v) is 2.25. The van der Waals surface area contributed by atoms with E-state index < -0.39 is 0 Å². The molecule has 0 radical (unpaired) electrons. The summed E-state index contributed by atoms with van der Waals surface area (Å²) in [4.78, 5) is 4.41. The van der Waals surface area contributed by atoms with Crippen LogP contribution in [0.15, 0.2) is 27.2 Å². The maximum absolute atomic E-state index is 5.96. The Morgan fingerprint density at radius 1 is 1.47 bits per heavy atom. The summed E-state index contributed by atoms with van der Waals surface area (Å²) in [6.45, 7) is 2.12. The number of likely N-dealkylation sites (N-methyl/N-ethyl adjacent to an activating group) is 1. The van der Waals surface area contributed by atoms with Crippen molar-refractivity contribution in [2.75, 3.05) is 7.05 Å². The molecule has 0 aliphatic carbocycles. The molecular formula is C13H15BrClN3O. The van der Waals surface area contributed by atoms with Crippen molar-refractivity contribution in [2.45, 2.75) is 25.8 Å². The summed E-state index contributed by atoms with van der Waals surface area (Å²) in [7, 11) is 1.93. The number of halogens is 2. The average Bonchev–Trinajstić information content (AvgIpc) is 2.87. The molecule has 1 N–H and O–H groups in total. The van der Waals surface area contributed by atoms with E-state index in [-0.39, 0.29) is 0 Å². The van der Waals surface area contributed by atoms with Crippen LogP contribution in [-0.2, 0) is 6.42 Å². The van der Waals surface area contributed by atoms with E-state index in [1.165, 1.54) is 0 Å². The molecule has 0 bridgehead atoms. The molecule has 0 amide bonds. The fraction of sp³-hybridized carbons (Fsp3) is 0.385. The second-order valence-corrected chi connectivity index (χ2v) is 5.50. The van der Waals surface area contributed by atoms with Gasteiger partial charge in [-0.3, -0.25) is 0 Å². The number of benzene rings is 1. The Bertz CT molecular complexity index is 555. The molecule has 0 spiro atoms. The molecule has 102 valence electrons.